The Morgan fingerprint density at radius 1 is 1.04 bits per heavy atom. The monoisotopic (exact) mass is 454 g/mol. The minimum absolute atomic E-state index is 0.0172. The summed E-state index contributed by atoms with van der Waals surface area (Å²) in [5, 5.41) is 5.48. The van der Waals surface area contributed by atoms with E-state index < -0.39 is 0 Å². The van der Waals surface area contributed by atoms with E-state index in [1.165, 1.54) is 0 Å². The van der Waals surface area contributed by atoms with Crippen LogP contribution in [0.5, 0.6) is 11.5 Å². The van der Waals surface area contributed by atoms with Gasteiger partial charge in [0.15, 0.2) is 11.5 Å². The van der Waals surface area contributed by atoms with Crippen molar-refractivity contribution in [3.8, 4) is 11.5 Å². The average molecular weight is 455 g/mol. The predicted molar refractivity (Wildman–Crippen MR) is 118 cm³/mol. The van der Waals surface area contributed by atoms with Gasteiger partial charge in [-0.05, 0) is 39.2 Å². The molecule has 1 aliphatic heterocycles. The number of thioether (sulfide) groups is 1. The molecule has 3 aromatic rings. The summed E-state index contributed by atoms with van der Waals surface area (Å²) in [4.78, 5) is 0. The van der Waals surface area contributed by atoms with E-state index in [4.69, 9.17) is 9.47 Å². The Morgan fingerprint density at radius 2 is 1.75 bits per heavy atom. The highest BCUT2D eigenvalue weighted by atomic mass is 79.9. The summed E-state index contributed by atoms with van der Waals surface area (Å²) in [6, 6.07) is 24.3. The predicted octanol–water partition coefficient (Wildman–Crippen LogP) is 5.73. The van der Waals surface area contributed by atoms with Crippen molar-refractivity contribution in [3.63, 3.8) is 0 Å². The molecule has 0 saturated carbocycles. The van der Waals surface area contributed by atoms with E-state index >= 15 is 0 Å². The third-order valence-corrected chi connectivity index (χ3v) is 6.07. The first kappa shape index (κ1) is 18.9. The maximum atomic E-state index is 6.03. The van der Waals surface area contributed by atoms with E-state index in [1.807, 2.05) is 54.6 Å². The van der Waals surface area contributed by atoms with Gasteiger partial charge >= 0.3 is 0 Å². The molecule has 0 fully saturated rings. The zero-order chi connectivity index (χ0) is 19.3. The van der Waals surface area contributed by atoms with Gasteiger partial charge in [0, 0.05) is 5.56 Å². The number of ether oxygens (including phenoxy) is 2. The lowest BCUT2D eigenvalue weighted by Gasteiger charge is -2.17. The van der Waals surface area contributed by atoms with Crippen molar-refractivity contribution in [3.05, 3.63) is 94.0 Å². The SMILES string of the molecule is COc1cc([C@H]2NN=C(c3ccccc3)S2)cc(Br)c1OCc1ccccc1. The molecule has 28 heavy (non-hydrogen) atoms. The van der Waals surface area contributed by atoms with Crippen molar-refractivity contribution in [1.82, 2.24) is 5.43 Å². The number of halogens is 1. The number of hydrogen-bond donors (Lipinski definition) is 1. The number of hydrogen-bond acceptors (Lipinski definition) is 5. The third-order valence-electron chi connectivity index (χ3n) is 4.31. The van der Waals surface area contributed by atoms with Gasteiger partial charge in [-0.15, -0.1) is 0 Å². The summed E-state index contributed by atoms with van der Waals surface area (Å²) >= 11 is 5.32. The molecule has 1 aliphatic rings. The number of nitrogens with one attached hydrogen (secondary N) is 1. The molecule has 1 N–H and O–H groups in total. The third kappa shape index (κ3) is 4.18. The Morgan fingerprint density at radius 3 is 2.46 bits per heavy atom. The first-order valence-corrected chi connectivity index (χ1v) is 10.5. The zero-order valence-corrected chi connectivity index (χ0v) is 17.7. The van der Waals surface area contributed by atoms with Crippen LogP contribution in [0.1, 0.15) is 22.1 Å². The summed E-state index contributed by atoms with van der Waals surface area (Å²) in [7, 11) is 1.65. The second-order valence-electron chi connectivity index (χ2n) is 6.22. The second-order valence-corrected chi connectivity index (χ2v) is 8.17. The van der Waals surface area contributed by atoms with Gasteiger partial charge in [0.05, 0.1) is 11.6 Å². The number of rotatable bonds is 6. The van der Waals surface area contributed by atoms with Crippen LogP contribution in [0.4, 0.5) is 0 Å². The molecule has 4 nitrogen and oxygen atoms in total. The van der Waals surface area contributed by atoms with Crippen molar-refractivity contribution in [2.75, 3.05) is 7.11 Å². The highest BCUT2D eigenvalue weighted by molar-refractivity contribution is 9.10. The summed E-state index contributed by atoms with van der Waals surface area (Å²) in [6.07, 6.45) is 0. The van der Waals surface area contributed by atoms with E-state index in [9.17, 15) is 0 Å². The van der Waals surface area contributed by atoms with E-state index in [0.29, 0.717) is 18.1 Å². The first-order valence-electron chi connectivity index (χ1n) is 8.84. The van der Waals surface area contributed by atoms with Crippen LogP contribution in [0, 0.1) is 0 Å². The maximum Gasteiger partial charge on any atom is 0.175 e. The Balaban J connectivity index is 1.51. The van der Waals surface area contributed by atoms with Gasteiger partial charge in [0.25, 0.3) is 0 Å². The van der Waals surface area contributed by atoms with E-state index in [-0.39, 0.29) is 5.37 Å². The van der Waals surface area contributed by atoms with Crippen molar-refractivity contribution in [2.45, 2.75) is 12.0 Å². The highest BCUT2D eigenvalue weighted by Crippen LogP contribution is 2.42. The fourth-order valence-electron chi connectivity index (χ4n) is 2.90. The molecule has 0 unspecified atom stereocenters. The van der Waals surface area contributed by atoms with Gasteiger partial charge in [0.2, 0.25) is 0 Å². The molecule has 0 spiro atoms. The van der Waals surface area contributed by atoms with Crippen molar-refractivity contribution >= 4 is 32.7 Å². The molecule has 0 aromatic heterocycles. The van der Waals surface area contributed by atoms with Crippen LogP contribution in [-0.2, 0) is 6.61 Å². The molecule has 0 radical (unpaired) electrons. The average Bonchev–Trinajstić information content (AvgIpc) is 3.24. The van der Waals surface area contributed by atoms with Crippen molar-refractivity contribution in [1.29, 1.82) is 0 Å². The fourth-order valence-corrected chi connectivity index (χ4v) is 4.45. The molecule has 0 saturated heterocycles. The summed E-state index contributed by atoms with van der Waals surface area (Å²) < 4.78 is 12.5. The van der Waals surface area contributed by atoms with Crippen LogP contribution in [0.2, 0.25) is 0 Å². The first-order chi connectivity index (χ1) is 13.7. The van der Waals surface area contributed by atoms with Crippen LogP contribution < -0.4 is 14.9 Å². The summed E-state index contributed by atoms with van der Waals surface area (Å²) in [5.41, 5.74) is 6.49. The highest BCUT2D eigenvalue weighted by Gasteiger charge is 2.24. The van der Waals surface area contributed by atoms with E-state index in [1.54, 1.807) is 18.9 Å². The minimum atomic E-state index is 0.0172. The van der Waals surface area contributed by atoms with Crippen LogP contribution >= 0.6 is 27.7 Å². The molecule has 0 bridgehead atoms. The molecule has 0 amide bonds. The molecule has 1 atom stereocenters. The Hall–Kier alpha value is -2.44. The van der Waals surface area contributed by atoms with Gasteiger partial charge < -0.3 is 9.47 Å². The summed E-state index contributed by atoms with van der Waals surface area (Å²) in [6.45, 7) is 0.479. The van der Waals surface area contributed by atoms with Crippen LogP contribution in [0.25, 0.3) is 0 Å². The molecule has 1 heterocycles. The quantitative estimate of drug-likeness (QED) is 0.515. The molecule has 4 rings (SSSR count). The summed E-state index contributed by atoms with van der Waals surface area (Å²) in [5.74, 6) is 1.39. The van der Waals surface area contributed by atoms with E-state index in [0.717, 1.165) is 26.2 Å². The fraction of sp³-hybridized carbons (Fsp3) is 0.136. The largest absolute Gasteiger partial charge is 0.493 e. The van der Waals surface area contributed by atoms with Crippen LogP contribution in [-0.4, -0.2) is 12.2 Å². The molecular formula is C22H19BrN2O2S. The van der Waals surface area contributed by atoms with Gasteiger partial charge in [-0.3, -0.25) is 5.43 Å². The molecular weight excluding hydrogens is 436 g/mol. The number of benzene rings is 3. The van der Waals surface area contributed by atoms with Crippen molar-refractivity contribution in [2.24, 2.45) is 5.10 Å². The van der Waals surface area contributed by atoms with E-state index in [2.05, 4.69) is 44.7 Å². The minimum Gasteiger partial charge on any atom is -0.493 e. The lowest BCUT2D eigenvalue weighted by atomic mass is 10.2. The zero-order valence-electron chi connectivity index (χ0n) is 15.3. The van der Waals surface area contributed by atoms with Crippen molar-refractivity contribution < 1.29 is 9.47 Å². The topological polar surface area (TPSA) is 42.8 Å². The Bertz CT molecular complexity index is 981. The standard InChI is InChI=1S/C22H19BrN2O2S/c1-26-19-13-17(22-25-24-21(28-22)16-10-6-3-7-11-16)12-18(23)20(19)27-14-15-8-4-2-5-9-15/h2-13,22,25H,14H2,1H3/t22-/m0/s1. The smallest absolute Gasteiger partial charge is 0.175 e. The maximum absolute atomic E-state index is 6.03. The molecule has 142 valence electrons. The van der Waals surface area contributed by atoms with Crippen LogP contribution in [0.15, 0.2) is 82.4 Å². The molecule has 0 aliphatic carbocycles. The van der Waals surface area contributed by atoms with Gasteiger partial charge in [-0.25, -0.2) is 0 Å². The number of methoxy groups -OCH3 is 1. The lowest BCUT2D eigenvalue weighted by molar-refractivity contribution is 0.282. The molecule has 6 heteroatoms. The van der Waals surface area contributed by atoms with Gasteiger partial charge in [-0.1, -0.05) is 72.4 Å². The second kappa shape index (κ2) is 8.71. The Kier molecular flexibility index (Phi) is 5.88. The normalized spacial score (nSPS) is 15.6. The van der Waals surface area contributed by atoms with Gasteiger partial charge in [-0.2, -0.15) is 5.10 Å². The number of hydrazone groups is 1. The van der Waals surface area contributed by atoms with Gasteiger partial charge in [0.1, 0.15) is 17.0 Å². The van der Waals surface area contributed by atoms with Crippen LogP contribution in [0.3, 0.4) is 0 Å². The number of nitrogens with zero attached hydrogens (tertiary/aromatic N) is 1. The molecule has 3 aromatic carbocycles. The lowest BCUT2D eigenvalue weighted by Crippen LogP contribution is -2.08. The Labute approximate surface area is 177 Å².